The van der Waals surface area contributed by atoms with E-state index < -0.39 is 18.7 Å². The maximum Gasteiger partial charge on any atom is 0.411 e. The highest BCUT2D eigenvalue weighted by molar-refractivity contribution is 5.85. The second-order valence-corrected chi connectivity index (χ2v) is 3.49. The van der Waals surface area contributed by atoms with Crippen LogP contribution in [-0.2, 0) is 0 Å². The van der Waals surface area contributed by atoms with Gasteiger partial charge in [-0.15, -0.1) is 0 Å². The van der Waals surface area contributed by atoms with E-state index in [1.165, 1.54) is 0 Å². The zero-order valence-corrected chi connectivity index (χ0v) is 8.94. The number of benzene rings is 1. The Bertz CT molecular complexity index is 365. The van der Waals surface area contributed by atoms with E-state index in [1.54, 1.807) is 30.3 Å². The molecule has 0 aliphatic rings. The third-order valence-corrected chi connectivity index (χ3v) is 2.14. The number of hydrogen-bond donors (Lipinski definition) is 1. The van der Waals surface area contributed by atoms with Crippen molar-refractivity contribution in [2.75, 3.05) is 11.4 Å². The number of nitrogens with zero attached hydrogens (tertiary/aromatic N) is 1. The lowest BCUT2D eigenvalue weighted by molar-refractivity contribution is -0.135. The molecule has 1 amide bonds. The van der Waals surface area contributed by atoms with Crippen molar-refractivity contribution in [1.82, 2.24) is 0 Å². The van der Waals surface area contributed by atoms with Crippen molar-refractivity contribution in [2.24, 2.45) is 0 Å². The standard InChI is InChI=1S/C11H12F3NO2/c12-11(13,14)7-4-8-15(10(16)17)9-5-2-1-3-6-9/h1-3,5-6H,4,7-8H2,(H,16,17). The SMILES string of the molecule is O=C(O)N(CCCC(F)(F)F)c1ccccc1. The molecule has 0 aromatic heterocycles. The molecule has 0 radical (unpaired) electrons. The van der Waals surface area contributed by atoms with Crippen molar-refractivity contribution in [1.29, 1.82) is 0 Å². The Morgan fingerprint density at radius 3 is 2.29 bits per heavy atom. The van der Waals surface area contributed by atoms with Gasteiger partial charge in [-0.2, -0.15) is 13.2 Å². The molecule has 0 spiro atoms. The van der Waals surface area contributed by atoms with Crippen LogP contribution in [0.25, 0.3) is 0 Å². The molecule has 1 rings (SSSR count). The molecule has 0 fully saturated rings. The van der Waals surface area contributed by atoms with Crippen LogP contribution in [0.3, 0.4) is 0 Å². The molecule has 0 heterocycles. The first-order valence-electron chi connectivity index (χ1n) is 5.02. The lowest BCUT2D eigenvalue weighted by Crippen LogP contribution is -2.30. The van der Waals surface area contributed by atoms with Crippen LogP contribution in [0.15, 0.2) is 30.3 Å². The van der Waals surface area contributed by atoms with Gasteiger partial charge in [0, 0.05) is 18.7 Å². The maximum atomic E-state index is 11.9. The second-order valence-electron chi connectivity index (χ2n) is 3.49. The molecular formula is C11H12F3NO2. The van der Waals surface area contributed by atoms with Gasteiger partial charge in [0.2, 0.25) is 0 Å². The number of carboxylic acid groups (broad SMARTS) is 1. The topological polar surface area (TPSA) is 40.5 Å². The molecule has 0 bridgehead atoms. The van der Waals surface area contributed by atoms with Gasteiger partial charge in [-0.25, -0.2) is 4.79 Å². The molecular weight excluding hydrogens is 235 g/mol. The summed E-state index contributed by atoms with van der Waals surface area (Å²) in [7, 11) is 0. The summed E-state index contributed by atoms with van der Waals surface area (Å²) in [5.41, 5.74) is 0.377. The second kappa shape index (κ2) is 5.56. The molecule has 1 aromatic carbocycles. The molecule has 0 aliphatic carbocycles. The van der Waals surface area contributed by atoms with E-state index in [2.05, 4.69) is 0 Å². The summed E-state index contributed by atoms with van der Waals surface area (Å²) < 4.78 is 35.8. The first kappa shape index (κ1) is 13.3. The molecule has 0 saturated carbocycles. The highest BCUT2D eigenvalue weighted by Gasteiger charge is 2.27. The summed E-state index contributed by atoms with van der Waals surface area (Å²) >= 11 is 0. The van der Waals surface area contributed by atoms with Crippen molar-refractivity contribution in [3.63, 3.8) is 0 Å². The number of rotatable bonds is 4. The fraction of sp³-hybridized carbons (Fsp3) is 0.364. The lowest BCUT2D eigenvalue weighted by atomic mass is 10.2. The maximum absolute atomic E-state index is 11.9. The Kier molecular flexibility index (Phi) is 4.37. The average molecular weight is 247 g/mol. The van der Waals surface area contributed by atoms with E-state index in [0.717, 1.165) is 4.90 Å². The van der Waals surface area contributed by atoms with E-state index in [4.69, 9.17) is 5.11 Å². The molecule has 6 heteroatoms. The van der Waals surface area contributed by atoms with Gasteiger partial charge >= 0.3 is 12.3 Å². The summed E-state index contributed by atoms with van der Waals surface area (Å²) in [5, 5.41) is 8.90. The van der Waals surface area contributed by atoms with Crippen LogP contribution >= 0.6 is 0 Å². The summed E-state index contributed by atoms with van der Waals surface area (Å²) in [6.45, 7) is -0.168. The van der Waals surface area contributed by atoms with Gasteiger partial charge in [0.1, 0.15) is 0 Å². The first-order chi connectivity index (χ1) is 7.90. The van der Waals surface area contributed by atoms with Gasteiger partial charge in [-0.05, 0) is 18.6 Å². The van der Waals surface area contributed by atoms with Crippen LogP contribution in [0.4, 0.5) is 23.7 Å². The van der Waals surface area contributed by atoms with Crippen LogP contribution in [0, 0.1) is 0 Å². The van der Waals surface area contributed by atoms with Crippen LogP contribution in [0.5, 0.6) is 0 Å². The molecule has 0 unspecified atom stereocenters. The van der Waals surface area contributed by atoms with E-state index >= 15 is 0 Å². The van der Waals surface area contributed by atoms with E-state index in [0.29, 0.717) is 5.69 Å². The smallest absolute Gasteiger partial charge is 0.411 e. The van der Waals surface area contributed by atoms with Crippen molar-refractivity contribution in [2.45, 2.75) is 19.0 Å². The number of hydrogen-bond acceptors (Lipinski definition) is 1. The molecule has 0 saturated heterocycles. The van der Waals surface area contributed by atoms with Crippen molar-refractivity contribution >= 4 is 11.8 Å². The summed E-state index contributed by atoms with van der Waals surface area (Å²) in [6, 6.07) is 8.06. The van der Waals surface area contributed by atoms with Gasteiger partial charge < -0.3 is 5.11 Å². The summed E-state index contributed by atoms with van der Waals surface area (Å²) in [6.07, 6.45) is -6.73. The van der Waals surface area contributed by atoms with Crippen LogP contribution in [-0.4, -0.2) is 23.9 Å². The number of carbonyl (C=O) groups is 1. The Morgan fingerprint density at radius 1 is 1.24 bits per heavy atom. The van der Waals surface area contributed by atoms with Gasteiger partial charge in [0.15, 0.2) is 0 Å². The Hall–Kier alpha value is -1.72. The zero-order chi connectivity index (χ0) is 12.9. The first-order valence-corrected chi connectivity index (χ1v) is 5.02. The predicted molar refractivity (Wildman–Crippen MR) is 57.1 cm³/mol. The number of halogens is 3. The third kappa shape index (κ3) is 4.76. The lowest BCUT2D eigenvalue weighted by Gasteiger charge is -2.19. The fourth-order valence-corrected chi connectivity index (χ4v) is 1.38. The number of para-hydroxylation sites is 1. The minimum absolute atomic E-state index is 0.168. The van der Waals surface area contributed by atoms with Crippen molar-refractivity contribution in [3.8, 4) is 0 Å². The monoisotopic (exact) mass is 247 g/mol. The quantitative estimate of drug-likeness (QED) is 0.884. The number of alkyl halides is 3. The molecule has 0 aliphatic heterocycles. The van der Waals surface area contributed by atoms with E-state index in [-0.39, 0.29) is 13.0 Å². The van der Waals surface area contributed by atoms with E-state index in [9.17, 15) is 18.0 Å². The van der Waals surface area contributed by atoms with E-state index in [1.807, 2.05) is 0 Å². The van der Waals surface area contributed by atoms with Gasteiger partial charge in [0.05, 0.1) is 0 Å². The fourth-order valence-electron chi connectivity index (χ4n) is 1.38. The summed E-state index contributed by atoms with van der Waals surface area (Å²) in [5.74, 6) is 0. The van der Waals surface area contributed by atoms with Gasteiger partial charge in [-0.3, -0.25) is 4.90 Å². The van der Waals surface area contributed by atoms with Gasteiger partial charge in [-0.1, -0.05) is 18.2 Å². The Morgan fingerprint density at radius 2 is 1.82 bits per heavy atom. The Balaban J connectivity index is 2.60. The minimum Gasteiger partial charge on any atom is -0.465 e. The normalized spacial score (nSPS) is 11.2. The Labute approximate surface area is 96.5 Å². The molecule has 17 heavy (non-hydrogen) atoms. The van der Waals surface area contributed by atoms with Gasteiger partial charge in [0.25, 0.3) is 0 Å². The molecule has 3 nitrogen and oxygen atoms in total. The minimum atomic E-state index is -4.25. The van der Waals surface area contributed by atoms with Crippen LogP contribution < -0.4 is 4.90 Å². The molecule has 1 aromatic rings. The third-order valence-electron chi connectivity index (χ3n) is 2.14. The largest absolute Gasteiger partial charge is 0.465 e. The van der Waals surface area contributed by atoms with Crippen molar-refractivity contribution < 1.29 is 23.1 Å². The van der Waals surface area contributed by atoms with Crippen molar-refractivity contribution in [3.05, 3.63) is 30.3 Å². The number of amides is 1. The average Bonchev–Trinajstić information content (AvgIpc) is 2.23. The summed E-state index contributed by atoms with van der Waals surface area (Å²) in [4.78, 5) is 11.8. The van der Waals surface area contributed by atoms with Crippen LogP contribution in [0.1, 0.15) is 12.8 Å². The molecule has 94 valence electrons. The zero-order valence-electron chi connectivity index (χ0n) is 8.94. The molecule has 1 N–H and O–H groups in total. The number of anilines is 1. The van der Waals surface area contributed by atoms with Crippen LogP contribution in [0.2, 0.25) is 0 Å². The predicted octanol–water partition coefficient (Wildman–Crippen LogP) is 3.51. The molecule has 0 atom stereocenters. The highest BCUT2D eigenvalue weighted by atomic mass is 19.4. The highest BCUT2D eigenvalue weighted by Crippen LogP contribution is 2.22.